The third kappa shape index (κ3) is 3.76. The summed E-state index contributed by atoms with van der Waals surface area (Å²) in [5, 5.41) is 10.8. The second-order valence-corrected chi connectivity index (χ2v) is 4.46. The predicted molar refractivity (Wildman–Crippen MR) is 95.3 cm³/mol. The summed E-state index contributed by atoms with van der Waals surface area (Å²) in [6, 6.07) is 0. The lowest BCUT2D eigenvalue weighted by Crippen LogP contribution is -2.06. The highest BCUT2D eigenvalue weighted by Gasteiger charge is 2.18. The van der Waals surface area contributed by atoms with Crippen molar-refractivity contribution in [3.05, 3.63) is 84.4 Å². The van der Waals surface area contributed by atoms with Crippen LogP contribution in [0.2, 0.25) is 0 Å². The zero-order chi connectivity index (χ0) is 17.9. The first-order chi connectivity index (χ1) is 11.7. The van der Waals surface area contributed by atoms with Crippen molar-refractivity contribution in [3.8, 4) is 0 Å². The van der Waals surface area contributed by atoms with Crippen molar-refractivity contribution in [2.75, 3.05) is 0 Å². The van der Waals surface area contributed by atoms with Gasteiger partial charge >= 0.3 is 0 Å². The van der Waals surface area contributed by atoms with Crippen LogP contribution in [0.5, 0.6) is 0 Å². The van der Waals surface area contributed by atoms with Crippen LogP contribution in [0.15, 0.2) is 35.1 Å². The lowest BCUT2D eigenvalue weighted by molar-refractivity contribution is 0.954. The van der Waals surface area contributed by atoms with Gasteiger partial charge in [0.25, 0.3) is 0 Å². The van der Waals surface area contributed by atoms with Crippen LogP contribution in [0.25, 0.3) is 49.6 Å². The number of benzene rings is 1. The van der Waals surface area contributed by atoms with E-state index in [1.54, 1.807) is 18.2 Å². The molecule has 1 rings (SSSR count). The first-order valence-corrected chi connectivity index (χ1v) is 6.80. The Hall–Kier alpha value is -3.63. The van der Waals surface area contributed by atoms with E-state index in [9.17, 15) is 0 Å². The molecule has 120 valence electrons. The largest absolute Gasteiger partial charge is 0.0984 e. The van der Waals surface area contributed by atoms with Gasteiger partial charge in [-0.25, -0.2) is 0 Å². The van der Waals surface area contributed by atoms with Crippen molar-refractivity contribution in [3.63, 3.8) is 0 Å². The Morgan fingerprint density at radius 1 is 0.625 bits per heavy atom. The fourth-order valence-corrected chi connectivity index (χ4v) is 2.54. The summed E-state index contributed by atoms with van der Waals surface area (Å²) in [6.07, 6.45) is 4.80. The first-order valence-electron chi connectivity index (χ1n) is 6.80. The molecule has 0 fully saturated rings. The standard InChI is InChI=1S/C15H15N9/c1-4-10-13(7-19-22-16)11(5-2)15(9-21-24-18)12(6-3)14(10)8-20-23-17/h4-6H,1-3,7-9H2. The molecule has 0 unspecified atom stereocenters. The molecule has 0 aromatic heterocycles. The minimum Gasteiger partial charge on any atom is -0.0984 e. The van der Waals surface area contributed by atoms with Crippen LogP contribution in [0, 0.1) is 0 Å². The third-order valence-electron chi connectivity index (χ3n) is 3.44. The second-order valence-electron chi connectivity index (χ2n) is 4.46. The Balaban J connectivity index is 3.96. The molecule has 0 spiro atoms. The quantitative estimate of drug-likeness (QED) is 0.296. The lowest BCUT2D eigenvalue weighted by Gasteiger charge is -2.21. The molecule has 0 aliphatic carbocycles. The van der Waals surface area contributed by atoms with Crippen LogP contribution in [-0.4, -0.2) is 0 Å². The molecule has 0 saturated heterocycles. The van der Waals surface area contributed by atoms with E-state index in [1.807, 2.05) is 0 Å². The first kappa shape index (κ1) is 18.4. The summed E-state index contributed by atoms with van der Waals surface area (Å²) in [4.78, 5) is 8.34. The molecule has 0 aliphatic heterocycles. The van der Waals surface area contributed by atoms with Gasteiger partial charge in [-0.2, -0.15) is 0 Å². The minimum absolute atomic E-state index is 0.0587. The number of hydrogen-bond acceptors (Lipinski definition) is 3. The van der Waals surface area contributed by atoms with Gasteiger partial charge in [0, 0.05) is 14.7 Å². The summed E-state index contributed by atoms with van der Waals surface area (Å²) in [5.74, 6) is 0. The Labute approximate surface area is 138 Å². The van der Waals surface area contributed by atoms with Crippen LogP contribution in [0.3, 0.4) is 0 Å². The van der Waals surface area contributed by atoms with Crippen molar-refractivity contribution in [1.29, 1.82) is 0 Å². The number of nitrogens with zero attached hydrogens (tertiary/aromatic N) is 9. The molecule has 9 heteroatoms. The summed E-state index contributed by atoms with van der Waals surface area (Å²) in [5.41, 5.74) is 30.0. The van der Waals surface area contributed by atoms with E-state index in [1.165, 1.54) is 0 Å². The molecule has 9 nitrogen and oxygen atoms in total. The zero-order valence-electron chi connectivity index (χ0n) is 13.0. The summed E-state index contributed by atoms with van der Waals surface area (Å²) < 4.78 is 0. The normalized spacial score (nSPS) is 9.00. The van der Waals surface area contributed by atoms with Crippen molar-refractivity contribution >= 4 is 18.2 Å². The molecule has 0 saturated carbocycles. The van der Waals surface area contributed by atoms with Crippen LogP contribution in [-0.2, 0) is 19.6 Å². The van der Waals surface area contributed by atoms with Gasteiger partial charge in [0.1, 0.15) is 0 Å². The molecule has 0 bridgehead atoms. The van der Waals surface area contributed by atoms with Crippen molar-refractivity contribution in [2.24, 2.45) is 15.3 Å². The molecule has 0 atom stereocenters. The van der Waals surface area contributed by atoms with E-state index in [-0.39, 0.29) is 19.6 Å². The van der Waals surface area contributed by atoms with Gasteiger partial charge in [0.2, 0.25) is 0 Å². The van der Waals surface area contributed by atoms with Gasteiger partial charge in [0.05, 0.1) is 19.6 Å². The smallest absolute Gasteiger partial charge is 0.0522 e. The van der Waals surface area contributed by atoms with E-state index in [4.69, 9.17) is 16.6 Å². The fraction of sp³-hybridized carbons (Fsp3) is 0.200. The highest BCUT2D eigenvalue weighted by atomic mass is 15.1. The molecular formula is C15H15N9. The van der Waals surface area contributed by atoms with E-state index >= 15 is 0 Å². The number of hydrogen-bond donors (Lipinski definition) is 0. The zero-order valence-corrected chi connectivity index (χ0v) is 13.0. The monoisotopic (exact) mass is 321 g/mol. The van der Waals surface area contributed by atoms with Gasteiger partial charge < -0.3 is 0 Å². The van der Waals surface area contributed by atoms with E-state index in [2.05, 4.69) is 49.8 Å². The summed E-state index contributed by atoms with van der Waals surface area (Å²) in [6.45, 7) is 11.5. The van der Waals surface area contributed by atoms with Crippen LogP contribution < -0.4 is 0 Å². The topological polar surface area (TPSA) is 146 Å². The van der Waals surface area contributed by atoms with Crippen molar-refractivity contribution in [1.82, 2.24) is 0 Å². The Morgan fingerprint density at radius 2 is 0.875 bits per heavy atom. The maximum atomic E-state index is 8.63. The molecule has 1 aromatic rings. The molecule has 0 N–H and O–H groups in total. The molecule has 1 aromatic carbocycles. The Morgan fingerprint density at radius 3 is 1.04 bits per heavy atom. The Kier molecular flexibility index (Phi) is 7.21. The molecule has 0 amide bonds. The SMILES string of the molecule is C=Cc1c(CN=[N+]=[N-])c(C=C)c(CN=[N+]=[N-])c(C=C)c1CN=[N+]=[N-]. The fourth-order valence-electron chi connectivity index (χ4n) is 2.54. The molecule has 24 heavy (non-hydrogen) atoms. The second kappa shape index (κ2) is 9.40. The highest BCUT2D eigenvalue weighted by molar-refractivity contribution is 5.75. The number of rotatable bonds is 9. The van der Waals surface area contributed by atoms with E-state index < -0.39 is 0 Å². The highest BCUT2D eigenvalue weighted by Crippen LogP contribution is 2.33. The Bertz CT molecular complexity index is 687. The van der Waals surface area contributed by atoms with Crippen molar-refractivity contribution < 1.29 is 0 Å². The van der Waals surface area contributed by atoms with Gasteiger partial charge in [-0.1, -0.05) is 53.3 Å². The average Bonchev–Trinajstić information content (AvgIpc) is 2.61. The van der Waals surface area contributed by atoms with Gasteiger partial charge in [0.15, 0.2) is 0 Å². The maximum absolute atomic E-state index is 8.63. The van der Waals surface area contributed by atoms with Gasteiger partial charge in [-0.15, -0.1) is 0 Å². The lowest BCUT2D eigenvalue weighted by atomic mass is 9.86. The molecule has 0 heterocycles. The average molecular weight is 321 g/mol. The van der Waals surface area contributed by atoms with E-state index in [0.717, 1.165) is 0 Å². The van der Waals surface area contributed by atoms with Crippen LogP contribution in [0.1, 0.15) is 33.4 Å². The molecule has 0 radical (unpaired) electrons. The molecule has 0 aliphatic rings. The summed E-state index contributed by atoms with van der Waals surface area (Å²) >= 11 is 0. The summed E-state index contributed by atoms with van der Waals surface area (Å²) in [7, 11) is 0. The minimum atomic E-state index is 0.0587. The maximum Gasteiger partial charge on any atom is 0.0522 e. The van der Waals surface area contributed by atoms with Gasteiger partial charge in [-0.05, 0) is 50.0 Å². The predicted octanol–water partition coefficient (Wildman–Crippen LogP) is 6.05. The third-order valence-corrected chi connectivity index (χ3v) is 3.44. The molecular weight excluding hydrogens is 306 g/mol. The van der Waals surface area contributed by atoms with Crippen molar-refractivity contribution in [2.45, 2.75) is 19.6 Å². The van der Waals surface area contributed by atoms with Gasteiger partial charge in [-0.3, -0.25) is 0 Å². The van der Waals surface area contributed by atoms with Crippen LogP contribution in [0.4, 0.5) is 0 Å². The number of azide groups is 3. The van der Waals surface area contributed by atoms with E-state index in [0.29, 0.717) is 33.4 Å². The van der Waals surface area contributed by atoms with Crippen LogP contribution >= 0.6 is 0 Å².